The molecule has 7 nitrogen and oxygen atoms in total. The number of nitrogens with one attached hydrogen (secondary N) is 2. The maximum atomic E-state index is 12.4. The van der Waals surface area contributed by atoms with E-state index in [-0.39, 0.29) is 21.9 Å². The third kappa shape index (κ3) is 3.30. The molecule has 1 aliphatic rings. The minimum Gasteiger partial charge on any atom is -0.482 e. The molecule has 1 amide bonds. The van der Waals surface area contributed by atoms with Gasteiger partial charge in [-0.2, -0.15) is 0 Å². The molecule has 0 saturated carbocycles. The van der Waals surface area contributed by atoms with Gasteiger partial charge in [0.05, 0.1) is 11.4 Å². The van der Waals surface area contributed by atoms with Gasteiger partial charge in [0.15, 0.2) is 11.7 Å². The molecule has 26 heavy (non-hydrogen) atoms. The quantitative estimate of drug-likeness (QED) is 0.691. The van der Waals surface area contributed by atoms with Crippen LogP contribution in [0.1, 0.15) is 4.88 Å². The van der Waals surface area contributed by atoms with Crippen molar-refractivity contribution in [3.8, 4) is 17.0 Å². The molecule has 0 unspecified atom stereocenters. The van der Waals surface area contributed by atoms with Crippen LogP contribution < -0.4 is 14.8 Å². The van der Waals surface area contributed by atoms with Gasteiger partial charge in [0.1, 0.15) is 9.96 Å². The number of hydrogen-bond acceptors (Lipinski definition) is 7. The van der Waals surface area contributed by atoms with E-state index in [2.05, 4.69) is 15.0 Å². The van der Waals surface area contributed by atoms with E-state index in [1.807, 2.05) is 13.0 Å². The molecule has 0 radical (unpaired) electrons. The molecule has 0 aliphatic carbocycles. The maximum absolute atomic E-state index is 12.4. The maximum Gasteiger partial charge on any atom is 0.273 e. The van der Waals surface area contributed by atoms with E-state index in [1.54, 1.807) is 29.6 Å². The van der Waals surface area contributed by atoms with Crippen LogP contribution in [0.3, 0.4) is 0 Å². The van der Waals surface area contributed by atoms with Gasteiger partial charge in [-0.05, 0) is 37.3 Å². The first-order chi connectivity index (χ1) is 12.4. The van der Waals surface area contributed by atoms with Crippen molar-refractivity contribution in [2.24, 2.45) is 0 Å². The highest BCUT2D eigenvalue weighted by molar-refractivity contribution is 7.94. The molecular weight excluding hydrogens is 394 g/mol. The van der Waals surface area contributed by atoms with E-state index in [0.29, 0.717) is 17.1 Å². The fourth-order valence-electron chi connectivity index (χ4n) is 2.42. The van der Waals surface area contributed by atoms with E-state index < -0.39 is 10.0 Å². The van der Waals surface area contributed by atoms with Gasteiger partial charge in [-0.1, -0.05) is 0 Å². The zero-order valence-electron chi connectivity index (χ0n) is 13.5. The summed E-state index contributed by atoms with van der Waals surface area (Å²) in [6, 6.07) is 8.65. The van der Waals surface area contributed by atoms with Crippen molar-refractivity contribution >= 4 is 49.4 Å². The van der Waals surface area contributed by atoms with Crippen molar-refractivity contribution in [3.05, 3.63) is 40.6 Å². The summed E-state index contributed by atoms with van der Waals surface area (Å²) in [6.45, 7) is 1.85. The molecule has 2 N–H and O–H groups in total. The summed E-state index contributed by atoms with van der Waals surface area (Å²) in [5.41, 5.74) is 1.93. The summed E-state index contributed by atoms with van der Waals surface area (Å²) in [6.07, 6.45) is 0. The van der Waals surface area contributed by atoms with Gasteiger partial charge >= 0.3 is 0 Å². The van der Waals surface area contributed by atoms with E-state index in [4.69, 9.17) is 4.74 Å². The van der Waals surface area contributed by atoms with Crippen molar-refractivity contribution in [1.82, 2.24) is 4.98 Å². The number of amides is 1. The number of thiazole rings is 1. The predicted octanol–water partition coefficient (Wildman–Crippen LogP) is 3.31. The molecule has 4 rings (SSSR count). The zero-order valence-corrected chi connectivity index (χ0v) is 15.9. The number of aromatic nitrogens is 1. The Kier molecular flexibility index (Phi) is 4.17. The number of aryl methyl sites for hydroxylation is 1. The number of benzene rings is 1. The molecular formula is C16H13N3O4S3. The Bertz CT molecular complexity index is 1100. The molecule has 0 fully saturated rings. The number of thiophene rings is 1. The summed E-state index contributed by atoms with van der Waals surface area (Å²) < 4.78 is 32.9. The first-order valence-electron chi connectivity index (χ1n) is 7.52. The lowest BCUT2D eigenvalue weighted by Crippen LogP contribution is -2.25. The largest absolute Gasteiger partial charge is 0.482 e. The van der Waals surface area contributed by atoms with Gasteiger partial charge < -0.3 is 10.1 Å². The smallest absolute Gasteiger partial charge is 0.273 e. The summed E-state index contributed by atoms with van der Waals surface area (Å²) in [7, 11) is -3.64. The molecule has 3 aromatic rings. The van der Waals surface area contributed by atoms with Crippen LogP contribution in [-0.2, 0) is 14.8 Å². The highest BCUT2D eigenvalue weighted by Crippen LogP contribution is 2.34. The fourth-order valence-corrected chi connectivity index (χ4v) is 5.67. The minimum absolute atomic E-state index is 0.00281. The SMILES string of the molecule is Cc1ccc(S(=O)(=O)Nc2nc(-c3ccc4c(c3)NC(=O)CO4)cs2)s1. The van der Waals surface area contributed by atoms with Crippen molar-refractivity contribution in [3.63, 3.8) is 0 Å². The van der Waals surface area contributed by atoms with Crippen LogP contribution in [0.2, 0.25) is 0 Å². The molecule has 134 valence electrons. The Labute approximate surface area is 157 Å². The Balaban J connectivity index is 1.59. The van der Waals surface area contributed by atoms with Gasteiger partial charge in [0, 0.05) is 15.8 Å². The number of fused-ring (bicyclic) bond motifs is 1. The van der Waals surface area contributed by atoms with Crippen molar-refractivity contribution < 1.29 is 17.9 Å². The van der Waals surface area contributed by atoms with Gasteiger partial charge in [-0.25, -0.2) is 13.4 Å². The number of nitrogens with zero attached hydrogens (tertiary/aromatic N) is 1. The van der Waals surface area contributed by atoms with Crippen molar-refractivity contribution in [2.45, 2.75) is 11.1 Å². The Morgan fingerprint density at radius 2 is 2.12 bits per heavy atom. The number of anilines is 2. The molecule has 3 heterocycles. The van der Waals surface area contributed by atoms with E-state index in [9.17, 15) is 13.2 Å². The van der Waals surface area contributed by atoms with Crippen LogP contribution in [0.15, 0.2) is 39.9 Å². The van der Waals surface area contributed by atoms with Crippen molar-refractivity contribution in [2.75, 3.05) is 16.6 Å². The Morgan fingerprint density at radius 1 is 1.27 bits per heavy atom. The molecule has 0 spiro atoms. The monoisotopic (exact) mass is 407 g/mol. The number of ether oxygens (including phenoxy) is 1. The Hall–Kier alpha value is -2.43. The molecule has 0 bridgehead atoms. The molecule has 0 atom stereocenters. The Morgan fingerprint density at radius 3 is 2.88 bits per heavy atom. The second-order valence-corrected chi connectivity index (χ2v) is 9.61. The summed E-state index contributed by atoms with van der Waals surface area (Å²) in [5, 5.41) is 4.78. The van der Waals surface area contributed by atoms with Gasteiger partial charge in [0.25, 0.3) is 15.9 Å². The fraction of sp³-hybridized carbons (Fsp3) is 0.125. The van der Waals surface area contributed by atoms with E-state index in [0.717, 1.165) is 10.4 Å². The standard InChI is InChI=1S/C16H13N3O4S3/c1-9-2-5-15(25-9)26(21,22)19-16-18-12(8-24-16)10-3-4-13-11(6-10)17-14(20)7-23-13/h2-6,8H,7H2,1H3,(H,17,20)(H,18,19). The highest BCUT2D eigenvalue weighted by Gasteiger charge is 2.20. The van der Waals surface area contributed by atoms with Crippen LogP contribution in [0.25, 0.3) is 11.3 Å². The predicted molar refractivity (Wildman–Crippen MR) is 102 cm³/mol. The molecule has 10 heteroatoms. The minimum atomic E-state index is -3.64. The molecule has 1 aliphatic heterocycles. The average Bonchev–Trinajstić information content (AvgIpc) is 3.23. The summed E-state index contributed by atoms with van der Waals surface area (Å²) in [5.74, 6) is 0.380. The number of hydrogen-bond donors (Lipinski definition) is 2. The third-order valence-electron chi connectivity index (χ3n) is 3.61. The second-order valence-electron chi connectivity index (χ2n) is 5.56. The summed E-state index contributed by atoms with van der Waals surface area (Å²) in [4.78, 5) is 16.7. The average molecular weight is 407 g/mol. The lowest BCUT2D eigenvalue weighted by atomic mass is 10.1. The highest BCUT2D eigenvalue weighted by atomic mass is 32.2. The van der Waals surface area contributed by atoms with Crippen molar-refractivity contribution in [1.29, 1.82) is 0 Å². The molecule has 1 aromatic carbocycles. The molecule has 0 saturated heterocycles. The van der Waals surface area contributed by atoms with Crippen LogP contribution >= 0.6 is 22.7 Å². The topological polar surface area (TPSA) is 97.4 Å². The van der Waals surface area contributed by atoms with E-state index >= 15 is 0 Å². The lowest BCUT2D eigenvalue weighted by molar-refractivity contribution is -0.118. The van der Waals surface area contributed by atoms with Gasteiger partial charge in [-0.15, -0.1) is 22.7 Å². The van der Waals surface area contributed by atoms with Crippen LogP contribution in [0.4, 0.5) is 10.8 Å². The van der Waals surface area contributed by atoms with Crippen LogP contribution in [0, 0.1) is 6.92 Å². The zero-order chi connectivity index (χ0) is 18.3. The first kappa shape index (κ1) is 17.0. The van der Waals surface area contributed by atoms with Gasteiger partial charge in [0.2, 0.25) is 0 Å². The van der Waals surface area contributed by atoms with Gasteiger partial charge in [-0.3, -0.25) is 9.52 Å². The van der Waals surface area contributed by atoms with Crippen LogP contribution in [0.5, 0.6) is 5.75 Å². The third-order valence-corrected chi connectivity index (χ3v) is 7.33. The number of sulfonamides is 1. The first-order valence-corrected chi connectivity index (χ1v) is 10.7. The van der Waals surface area contributed by atoms with E-state index in [1.165, 1.54) is 22.7 Å². The second kappa shape index (κ2) is 6.38. The number of rotatable bonds is 4. The van der Waals surface area contributed by atoms with Crippen LogP contribution in [-0.4, -0.2) is 25.9 Å². The normalized spacial score (nSPS) is 13.7. The summed E-state index contributed by atoms with van der Waals surface area (Å²) >= 11 is 2.40. The number of carbonyl (C=O) groups excluding carboxylic acids is 1. The molecule has 2 aromatic heterocycles. The number of carbonyl (C=O) groups is 1. The lowest BCUT2D eigenvalue weighted by Gasteiger charge is -2.18.